The van der Waals surface area contributed by atoms with Gasteiger partial charge in [-0.1, -0.05) is 11.3 Å². The molecule has 1 aromatic carbocycles. The third-order valence-electron chi connectivity index (χ3n) is 1.74. The van der Waals surface area contributed by atoms with Gasteiger partial charge in [0.2, 0.25) is 5.13 Å². The summed E-state index contributed by atoms with van der Waals surface area (Å²) >= 11 is 1.38. The summed E-state index contributed by atoms with van der Waals surface area (Å²) in [6.07, 6.45) is 0. The smallest absolute Gasteiger partial charge is 0.335 e. The average Bonchev–Trinajstić information content (AvgIpc) is 2.71. The molecule has 5 nitrogen and oxygen atoms in total. The number of hydrogen-bond acceptors (Lipinski definition) is 5. The van der Waals surface area contributed by atoms with Crippen molar-refractivity contribution >= 4 is 28.1 Å². The number of aromatic carboxylic acids is 1. The van der Waals surface area contributed by atoms with Gasteiger partial charge in [0.25, 0.3) is 0 Å². The Morgan fingerprint density at radius 3 is 2.60 bits per heavy atom. The summed E-state index contributed by atoms with van der Waals surface area (Å²) in [5, 5.41) is 19.9. The number of carboxylic acids is 1. The highest BCUT2D eigenvalue weighted by Crippen LogP contribution is 2.17. The highest BCUT2D eigenvalue weighted by atomic mass is 32.1. The third kappa shape index (κ3) is 2.29. The highest BCUT2D eigenvalue weighted by Gasteiger charge is 2.02. The predicted octanol–water partition coefficient (Wildman–Crippen LogP) is 1.98. The van der Waals surface area contributed by atoms with Crippen LogP contribution < -0.4 is 5.32 Å². The lowest BCUT2D eigenvalue weighted by molar-refractivity contribution is 0.0697. The standard InChI is InChI=1S/C9H7N3O2S/c13-8(14)6-1-3-7(4-2-6)11-9-12-10-5-15-9/h1-5H,(H,11,12)(H,13,14). The zero-order chi connectivity index (χ0) is 10.7. The number of carbonyl (C=O) groups is 1. The van der Waals surface area contributed by atoms with E-state index in [-0.39, 0.29) is 5.56 Å². The molecule has 0 radical (unpaired) electrons. The molecule has 2 rings (SSSR count). The van der Waals surface area contributed by atoms with Crippen LogP contribution in [-0.2, 0) is 0 Å². The van der Waals surface area contributed by atoms with E-state index >= 15 is 0 Å². The van der Waals surface area contributed by atoms with Crippen molar-refractivity contribution in [3.05, 3.63) is 35.3 Å². The molecule has 0 spiro atoms. The molecule has 0 saturated carbocycles. The van der Waals surface area contributed by atoms with Crippen molar-refractivity contribution in [2.45, 2.75) is 0 Å². The van der Waals surface area contributed by atoms with Gasteiger partial charge in [-0.3, -0.25) is 0 Å². The predicted molar refractivity (Wildman–Crippen MR) is 56.6 cm³/mol. The zero-order valence-corrected chi connectivity index (χ0v) is 8.36. The van der Waals surface area contributed by atoms with Crippen LogP contribution in [0.2, 0.25) is 0 Å². The third-order valence-corrected chi connectivity index (χ3v) is 2.35. The fourth-order valence-corrected chi connectivity index (χ4v) is 1.51. The first-order chi connectivity index (χ1) is 7.25. The quantitative estimate of drug-likeness (QED) is 0.828. The number of anilines is 2. The van der Waals surface area contributed by atoms with Crippen LogP contribution in [0.25, 0.3) is 0 Å². The lowest BCUT2D eigenvalue weighted by atomic mass is 10.2. The minimum Gasteiger partial charge on any atom is -0.478 e. The van der Waals surface area contributed by atoms with Gasteiger partial charge in [0.15, 0.2) is 0 Å². The number of carboxylic acid groups (broad SMARTS) is 1. The van der Waals surface area contributed by atoms with Gasteiger partial charge in [-0.2, -0.15) is 0 Å². The molecule has 0 aliphatic rings. The van der Waals surface area contributed by atoms with Gasteiger partial charge < -0.3 is 10.4 Å². The Labute approximate surface area is 89.4 Å². The van der Waals surface area contributed by atoms with Crippen molar-refractivity contribution in [1.29, 1.82) is 0 Å². The molecule has 0 amide bonds. The van der Waals surface area contributed by atoms with Crippen LogP contribution in [0.4, 0.5) is 10.8 Å². The van der Waals surface area contributed by atoms with Gasteiger partial charge in [0.1, 0.15) is 5.51 Å². The van der Waals surface area contributed by atoms with Crippen molar-refractivity contribution in [3.8, 4) is 0 Å². The maximum atomic E-state index is 10.6. The van der Waals surface area contributed by atoms with Gasteiger partial charge >= 0.3 is 5.97 Å². The molecule has 2 N–H and O–H groups in total. The van der Waals surface area contributed by atoms with E-state index in [1.54, 1.807) is 17.6 Å². The maximum absolute atomic E-state index is 10.6. The van der Waals surface area contributed by atoms with Crippen molar-refractivity contribution in [2.75, 3.05) is 5.32 Å². The highest BCUT2D eigenvalue weighted by molar-refractivity contribution is 7.13. The van der Waals surface area contributed by atoms with Crippen LogP contribution in [-0.4, -0.2) is 21.3 Å². The molecule has 6 heteroatoms. The van der Waals surface area contributed by atoms with Crippen LogP contribution >= 0.6 is 11.3 Å². The van der Waals surface area contributed by atoms with Gasteiger partial charge in [-0.05, 0) is 24.3 Å². The van der Waals surface area contributed by atoms with E-state index < -0.39 is 5.97 Å². The second-order valence-electron chi connectivity index (χ2n) is 2.75. The largest absolute Gasteiger partial charge is 0.478 e. The van der Waals surface area contributed by atoms with E-state index in [4.69, 9.17) is 5.11 Å². The molecule has 2 aromatic rings. The normalized spacial score (nSPS) is 9.87. The summed E-state index contributed by atoms with van der Waals surface area (Å²) in [7, 11) is 0. The van der Waals surface area contributed by atoms with Crippen molar-refractivity contribution in [2.24, 2.45) is 0 Å². The van der Waals surface area contributed by atoms with E-state index in [9.17, 15) is 4.79 Å². The van der Waals surface area contributed by atoms with E-state index in [1.165, 1.54) is 23.5 Å². The fraction of sp³-hybridized carbons (Fsp3) is 0. The molecule has 0 atom stereocenters. The summed E-state index contributed by atoms with van der Waals surface area (Å²) < 4.78 is 0. The summed E-state index contributed by atoms with van der Waals surface area (Å²) in [5.41, 5.74) is 2.67. The molecule has 15 heavy (non-hydrogen) atoms. The molecule has 0 aliphatic carbocycles. The van der Waals surface area contributed by atoms with Gasteiger partial charge in [0.05, 0.1) is 5.56 Å². The zero-order valence-electron chi connectivity index (χ0n) is 7.54. The first-order valence-electron chi connectivity index (χ1n) is 4.12. The minimum atomic E-state index is -0.933. The second kappa shape index (κ2) is 4.05. The number of hydrogen-bond donors (Lipinski definition) is 2. The second-order valence-corrected chi connectivity index (χ2v) is 3.58. The first-order valence-corrected chi connectivity index (χ1v) is 5.00. The Bertz CT molecular complexity index is 453. The lowest BCUT2D eigenvalue weighted by Crippen LogP contribution is -1.96. The number of nitrogens with zero attached hydrogens (tertiary/aromatic N) is 2. The molecule has 0 unspecified atom stereocenters. The van der Waals surface area contributed by atoms with Gasteiger partial charge in [0, 0.05) is 5.69 Å². The molecule has 0 fully saturated rings. The number of rotatable bonds is 3. The fourth-order valence-electron chi connectivity index (χ4n) is 1.05. The summed E-state index contributed by atoms with van der Waals surface area (Å²) in [4.78, 5) is 10.6. The maximum Gasteiger partial charge on any atom is 0.335 e. The molecule has 1 aromatic heterocycles. The lowest BCUT2D eigenvalue weighted by Gasteiger charge is -2.01. The Morgan fingerprint density at radius 1 is 1.33 bits per heavy atom. The van der Waals surface area contributed by atoms with E-state index in [2.05, 4.69) is 15.5 Å². The van der Waals surface area contributed by atoms with Crippen LogP contribution in [0, 0.1) is 0 Å². The molecular weight excluding hydrogens is 214 g/mol. The Kier molecular flexibility index (Phi) is 2.59. The van der Waals surface area contributed by atoms with E-state index in [0.717, 1.165) is 5.69 Å². The molecule has 76 valence electrons. The topological polar surface area (TPSA) is 75.1 Å². The Balaban J connectivity index is 2.14. The molecular formula is C9H7N3O2S. The van der Waals surface area contributed by atoms with Crippen LogP contribution in [0.5, 0.6) is 0 Å². The monoisotopic (exact) mass is 221 g/mol. The van der Waals surface area contributed by atoms with Crippen LogP contribution in [0.3, 0.4) is 0 Å². The molecule has 0 saturated heterocycles. The number of aromatic nitrogens is 2. The van der Waals surface area contributed by atoms with Crippen molar-refractivity contribution < 1.29 is 9.90 Å². The minimum absolute atomic E-state index is 0.262. The van der Waals surface area contributed by atoms with E-state index in [0.29, 0.717) is 5.13 Å². The first kappa shape index (κ1) is 9.60. The summed E-state index contributed by atoms with van der Waals surface area (Å²) in [6.45, 7) is 0. The average molecular weight is 221 g/mol. The van der Waals surface area contributed by atoms with Gasteiger partial charge in [-0.15, -0.1) is 10.2 Å². The summed E-state index contributed by atoms with van der Waals surface area (Å²) in [6, 6.07) is 6.44. The van der Waals surface area contributed by atoms with E-state index in [1.807, 2.05) is 0 Å². The SMILES string of the molecule is O=C(O)c1ccc(Nc2nncs2)cc1. The van der Waals surface area contributed by atoms with Gasteiger partial charge in [-0.25, -0.2) is 4.79 Å². The molecule has 0 aliphatic heterocycles. The number of benzene rings is 1. The number of nitrogens with one attached hydrogen (secondary N) is 1. The van der Waals surface area contributed by atoms with Crippen LogP contribution in [0.1, 0.15) is 10.4 Å². The Morgan fingerprint density at radius 2 is 2.07 bits per heavy atom. The van der Waals surface area contributed by atoms with Crippen LogP contribution in [0.15, 0.2) is 29.8 Å². The Hall–Kier alpha value is -1.95. The van der Waals surface area contributed by atoms with Crippen molar-refractivity contribution in [3.63, 3.8) is 0 Å². The molecule has 1 heterocycles. The van der Waals surface area contributed by atoms with Crippen molar-refractivity contribution in [1.82, 2.24) is 10.2 Å². The summed E-state index contributed by atoms with van der Waals surface area (Å²) in [5.74, 6) is -0.933. The molecule has 0 bridgehead atoms.